The monoisotopic (exact) mass is 311 g/mol. The minimum absolute atomic E-state index is 0.337. The van der Waals surface area contributed by atoms with Gasteiger partial charge in [-0.1, -0.05) is 12.1 Å². The Morgan fingerprint density at radius 1 is 1.29 bits per heavy atom. The van der Waals surface area contributed by atoms with Gasteiger partial charge in [-0.2, -0.15) is 0 Å². The Labute approximate surface area is 127 Å². The van der Waals surface area contributed by atoms with E-state index >= 15 is 0 Å². The molecule has 118 valence electrons. The van der Waals surface area contributed by atoms with Gasteiger partial charge >= 0.3 is 0 Å². The smallest absolute Gasteiger partial charge is 0.240 e. The molecule has 5 nitrogen and oxygen atoms in total. The summed E-state index contributed by atoms with van der Waals surface area (Å²) in [5.74, 6) is 0. The maximum absolute atomic E-state index is 12.2. The van der Waals surface area contributed by atoms with E-state index in [-0.39, 0.29) is 0 Å². The van der Waals surface area contributed by atoms with E-state index in [1.54, 1.807) is 12.1 Å². The highest BCUT2D eigenvalue weighted by Gasteiger charge is 2.17. The first kappa shape index (κ1) is 16.4. The highest BCUT2D eigenvalue weighted by Crippen LogP contribution is 2.12. The van der Waals surface area contributed by atoms with Crippen LogP contribution < -0.4 is 10.0 Å². The fourth-order valence-corrected chi connectivity index (χ4v) is 3.64. The van der Waals surface area contributed by atoms with Crippen molar-refractivity contribution in [3.63, 3.8) is 0 Å². The van der Waals surface area contributed by atoms with Crippen LogP contribution in [0, 0.1) is 0 Å². The Hall–Kier alpha value is -0.950. The van der Waals surface area contributed by atoms with Crippen LogP contribution in [0.1, 0.15) is 24.8 Å². The molecule has 0 saturated carbocycles. The van der Waals surface area contributed by atoms with Crippen molar-refractivity contribution in [3.05, 3.63) is 29.8 Å². The van der Waals surface area contributed by atoms with E-state index in [0.29, 0.717) is 17.5 Å². The molecule has 2 N–H and O–H groups in total. The minimum atomic E-state index is -3.39. The molecule has 0 amide bonds. The van der Waals surface area contributed by atoms with E-state index in [9.17, 15) is 8.42 Å². The number of nitrogens with one attached hydrogen (secondary N) is 2. The number of hydrogen-bond donors (Lipinski definition) is 2. The second kappa shape index (κ2) is 7.35. The molecule has 1 fully saturated rings. The molecule has 6 heteroatoms. The molecule has 1 saturated heterocycles. The molecule has 1 aliphatic heterocycles. The van der Waals surface area contributed by atoms with E-state index in [2.05, 4.69) is 14.9 Å². The fourth-order valence-electron chi connectivity index (χ4n) is 2.59. The third kappa shape index (κ3) is 5.07. The predicted molar refractivity (Wildman–Crippen MR) is 84.7 cm³/mol. The second-order valence-corrected chi connectivity index (χ2v) is 7.63. The van der Waals surface area contributed by atoms with Gasteiger partial charge in [-0.15, -0.1) is 0 Å². The molecule has 0 radical (unpaired) electrons. The largest absolute Gasteiger partial charge is 0.314 e. The van der Waals surface area contributed by atoms with Gasteiger partial charge in [0.25, 0.3) is 0 Å². The fraction of sp³-hybridized carbons (Fsp3) is 0.600. The average molecular weight is 311 g/mol. The second-order valence-electron chi connectivity index (χ2n) is 5.86. The standard InChI is InChI=1S/C15H25N3O2S/c1-18(2)12-13-5-7-15(8-6-13)21(19,20)17-11-9-14-4-3-10-16-14/h5-8,14,16-17H,3-4,9-12H2,1-2H3/t14-/m1/s1. The van der Waals surface area contributed by atoms with E-state index in [4.69, 9.17) is 0 Å². The van der Waals surface area contributed by atoms with Gasteiger partial charge in [0.05, 0.1) is 4.90 Å². The zero-order valence-corrected chi connectivity index (χ0v) is 13.6. The van der Waals surface area contributed by atoms with Gasteiger partial charge in [-0.25, -0.2) is 13.1 Å². The van der Waals surface area contributed by atoms with Crippen LogP contribution in [0.4, 0.5) is 0 Å². The maximum Gasteiger partial charge on any atom is 0.240 e. The molecular formula is C15H25N3O2S. The number of nitrogens with zero attached hydrogens (tertiary/aromatic N) is 1. The van der Waals surface area contributed by atoms with Gasteiger partial charge in [0.1, 0.15) is 0 Å². The molecule has 0 unspecified atom stereocenters. The number of sulfonamides is 1. The summed E-state index contributed by atoms with van der Waals surface area (Å²) in [6, 6.07) is 7.54. The van der Waals surface area contributed by atoms with Crippen LogP contribution in [0.15, 0.2) is 29.2 Å². The van der Waals surface area contributed by atoms with Crippen molar-refractivity contribution < 1.29 is 8.42 Å². The van der Waals surface area contributed by atoms with Crippen molar-refractivity contribution in [1.29, 1.82) is 0 Å². The highest BCUT2D eigenvalue weighted by atomic mass is 32.2. The third-order valence-electron chi connectivity index (χ3n) is 3.68. The lowest BCUT2D eigenvalue weighted by atomic mass is 10.2. The van der Waals surface area contributed by atoms with Crippen molar-refractivity contribution in [1.82, 2.24) is 14.9 Å². The average Bonchev–Trinajstić information content (AvgIpc) is 2.91. The summed E-state index contributed by atoms with van der Waals surface area (Å²) < 4.78 is 27.1. The van der Waals surface area contributed by atoms with Crippen molar-refractivity contribution in [3.8, 4) is 0 Å². The first-order valence-electron chi connectivity index (χ1n) is 7.44. The van der Waals surface area contributed by atoms with Crippen molar-refractivity contribution >= 4 is 10.0 Å². The molecule has 1 atom stereocenters. The molecule has 21 heavy (non-hydrogen) atoms. The van der Waals surface area contributed by atoms with E-state index in [0.717, 1.165) is 31.5 Å². The lowest BCUT2D eigenvalue weighted by Crippen LogP contribution is -2.30. The van der Waals surface area contributed by atoms with Crippen molar-refractivity contribution in [2.24, 2.45) is 0 Å². The first-order chi connectivity index (χ1) is 9.97. The lowest BCUT2D eigenvalue weighted by molar-refractivity contribution is 0.402. The molecule has 0 aliphatic carbocycles. The summed E-state index contributed by atoms with van der Waals surface area (Å²) in [7, 11) is 0.590. The number of rotatable bonds is 7. The summed E-state index contributed by atoms with van der Waals surface area (Å²) in [4.78, 5) is 2.39. The lowest BCUT2D eigenvalue weighted by Gasteiger charge is -2.12. The Bertz CT molecular complexity index is 535. The zero-order chi connectivity index (χ0) is 15.3. The molecule has 0 spiro atoms. The van der Waals surface area contributed by atoms with E-state index in [1.165, 1.54) is 6.42 Å². The molecule has 1 aliphatic rings. The van der Waals surface area contributed by atoms with Crippen LogP contribution in [0.5, 0.6) is 0 Å². The van der Waals surface area contributed by atoms with Gasteiger partial charge in [-0.05, 0) is 57.6 Å². The van der Waals surface area contributed by atoms with Gasteiger partial charge in [-0.3, -0.25) is 0 Å². The summed E-state index contributed by atoms with van der Waals surface area (Å²) in [6.45, 7) is 2.34. The van der Waals surface area contributed by atoms with Gasteiger partial charge in [0.15, 0.2) is 0 Å². The normalized spacial score (nSPS) is 19.3. The van der Waals surface area contributed by atoms with Crippen molar-refractivity contribution in [2.75, 3.05) is 27.2 Å². The summed E-state index contributed by atoms with van der Waals surface area (Å²) in [5, 5.41) is 3.37. The first-order valence-corrected chi connectivity index (χ1v) is 8.92. The van der Waals surface area contributed by atoms with E-state index < -0.39 is 10.0 Å². The highest BCUT2D eigenvalue weighted by molar-refractivity contribution is 7.89. The molecule has 1 heterocycles. The molecule has 1 aromatic rings. The Morgan fingerprint density at radius 2 is 2.00 bits per heavy atom. The SMILES string of the molecule is CN(C)Cc1ccc(S(=O)(=O)NCC[C@H]2CCCN2)cc1. The molecular weight excluding hydrogens is 286 g/mol. The van der Waals surface area contributed by atoms with Gasteiger partial charge < -0.3 is 10.2 Å². The number of hydrogen-bond acceptors (Lipinski definition) is 4. The van der Waals surface area contributed by atoms with Crippen LogP contribution in [-0.2, 0) is 16.6 Å². The minimum Gasteiger partial charge on any atom is -0.314 e. The third-order valence-corrected chi connectivity index (χ3v) is 5.16. The van der Waals surface area contributed by atoms with Gasteiger partial charge in [0.2, 0.25) is 10.0 Å². The van der Waals surface area contributed by atoms with E-state index in [1.807, 2.05) is 26.2 Å². The van der Waals surface area contributed by atoms with Crippen LogP contribution in [0.25, 0.3) is 0 Å². The quantitative estimate of drug-likeness (QED) is 0.793. The Morgan fingerprint density at radius 3 is 2.57 bits per heavy atom. The Balaban J connectivity index is 1.88. The summed E-state index contributed by atoms with van der Waals surface area (Å²) >= 11 is 0. The summed E-state index contributed by atoms with van der Waals surface area (Å²) in [6.07, 6.45) is 3.17. The molecule has 2 rings (SSSR count). The Kier molecular flexibility index (Phi) is 5.75. The molecule has 1 aromatic carbocycles. The van der Waals surface area contributed by atoms with Crippen LogP contribution in [-0.4, -0.2) is 46.5 Å². The zero-order valence-electron chi connectivity index (χ0n) is 12.8. The van der Waals surface area contributed by atoms with Crippen LogP contribution in [0.3, 0.4) is 0 Å². The van der Waals surface area contributed by atoms with Crippen molar-refractivity contribution in [2.45, 2.75) is 36.7 Å². The topological polar surface area (TPSA) is 61.4 Å². The summed E-state index contributed by atoms with van der Waals surface area (Å²) in [5.41, 5.74) is 1.11. The predicted octanol–water partition coefficient (Wildman–Crippen LogP) is 1.17. The molecule has 0 aromatic heterocycles. The van der Waals surface area contributed by atoms with Crippen LogP contribution in [0.2, 0.25) is 0 Å². The molecule has 0 bridgehead atoms. The number of benzene rings is 1. The van der Waals surface area contributed by atoms with Gasteiger partial charge in [0, 0.05) is 19.1 Å². The van der Waals surface area contributed by atoms with Crippen LogP contribution >= 0.6 is 0 Å². The maximum atomic E-state index is 12.2.